The fourth-order valence-electron chi connectivity index (χ4n) is 2.20. The zero-order valence-electron chi connectivity index (χ0n) is 7.71. The number of rotatable bonds is 2. The summed E-state index contributed by atoms with van der Waals surface area (Å²) < 4.78 is 0. The van der Waals surface area contributed by atoms with E-state index in [2.05, 4.69) is 19.9 Å². The lowest BCUT2D eigenvalue weighted by molar-refractivity contribution is -0.122. The van der Waals surface area contributed by atoms with Crippen molar-refractivity contribution in [1.29, 1.82) is 5.26 Å². The van der Waals surface area contributed by atoms with E-state index in [0.29, 0.717) is 30.5 Å². The summed E-state index contributed by atoms with van der Waals surface area (Å²) in [5.74, 6) is 1.26. The lowest BCUT2D eigenvalue weighted by atomic mass is 9.84. The van der Waals surface area contributed by atoms with Crippen molar-refractivity contribution in [2.24, 2.45) is 17.8 Å². The van der Waals surface area contributed by atoms with Crippen LogP contribution < -0.4 is 0 Å². The first-order chi connectivity index (χ1) is 5.66. The van der Waals surface area contributed by atoms with Crippen LogP contribution in [0.25, 0.3) is 0 Å². The number of Topliss-reactive ketones (excluding diaryl/α,β-unsaturated/α-hetero) is 1. The van der Waals surface area contributed by atoms with Gasteiger partial charge in [0.05, 0.1) is 6.07 Å². The molecule has 0 saturated heterocycles. The van der Waals surface area contributed by atoms with E-state index < -0.39 is 0 Å². The van der Waals surface area contributed by atoms with Crippen molar-refractivity contribution in [3.05, 3.63) is 0 Å². The third-order valence-electron chi connectivity index (χ3n) is 2.71. The highest BCUT2D eigenvalue weighted by Gasteiger charge is 2.36. The van der Waals surface area contributed by atoms with Crippen LogP contribution in [-0.2, 0) is 4.79 Å². The summed E-state index contributed by atoms with van der Waals surface area (Å²) in [6.45, 7) is 4.14. The number of ketones is 1. The van der Waals surface area contributed by atoms with Crippen LogP contribution in [0.1, 0.15) is 33.1 Å². The van der Waals surface area contributed by atoms with Gasteiger partial charge < -0.3 is 0 Å². The maximum absolute atomic E-state index is 11.4. The molecule has 1 aliphatic carbocycles. The molecule has 0 amide bonds. The van der Waals surface area contributed by atoms with Crippen LogP contribution in [-0.4, -0.2) is 5.78 Å². The molecule has 66 valence electrons. The summed E-state index contributed by atoms with van der Waals surface area (Å²) in [6, 6.07) is 2.16. The third-order valence-corrected chi connectivity index (χ3v) is 2.71. The lowest BCUT2D eigenvalue weighted by Crippen LogP contribution is -2.20. The van der Waals surface area contributed by atoms with Crippen LogP contribution in [0, 0.1) is 29.1 Å². The molecule has 2 nitrogen and oxygen atoms in total. The summed E-state index contributed by atoms with van der Waals surface area (Å²) in [6.07, 6.45) is 2.17. The smallest absolute Gasteiger partial charge is 0.136 e. The largest absolute Gasteiger partial charge is 0.299 e. The average Bonchev–Trinajstić information content (AvgIpc) is 2.32. The normalized spacial score (nSPS) is 29.3. The van der Waals surface area contributed by atoms with E-state index in [9.17, 15) is 4.79 Å². The highest BCUT2D eigenvalue weighted by atomic mass is 16.1. The molecular formula is C10H15NO. The summed E-state index contributed by atoms with van der Waals surface area (Å²) in [4.78, 5) is 11.4. The van der Waals surface area contributed by atoms with Crippen molar-refractivity contribution in [1.82, 2.24) is 0 Å². The number of hydrogen-bond donors (Lipinski definition) is 0. The molecule has 1 rings (SSSR count). The predicted molar refractivity (Wildman–Crippen MR) is 46.3 cm³/mol. The van der Waals surface area contributed by atoms with Crippen LogP contribution in [0.15, 0.2) is 0 Å². The molecule has 12 heavy (non-hydrogen) atoms. The van der Waals surface area contributed by atoms with E-state index in [1.54, 1.807) is 0 Å². The molecular weight excluding hydrogens is 150 g/mol. The van der Waals surface area contributed by atoms with Gasteiger partial charge in [-0.3, -0.25) is 4.79 Å². The van der Waals surface area contributed by atoms with Crippen molar-refractivity contribution in [2.45, 2.75) is 33.1 Å². The van der Waals surface area contributed by atoms with Gasteiger partial charge in [0.25, 0.3) is 0 Å². The molecule has 0 radical (unpaired) electrons. The minimum absolute atomic E-state index is 0.157. The molecule has 2 atom stereocenters. The first kappa shape index (κ1) is 9.25. The molecule has 0 aromatic carbocycles. The molecule has 1 aliphatic rings. The van der Waals surface area contributed by atoms with Crippen LogP contribution in [0.2, 0.25) is 0 Å². The van der Waals surface area contributed by atoms with Gasteiger partial charge in [-0.2, -0.15) is 5.26 Å². The van der Waals surface area contributed by atoms with Gasteiger partial charge in [0.2, 0.25) is 0 Å². The van der Waals surface area contributed by atoms with E-state index in [4.69, 9.17) is 5.26 Å². The lowest BCUT2D eigenvalue weighted by Gasteiger charge is -2.18. The number of nitrogens with zero attached hydrogens (tertiary/aromatic N) is 1. The Morgan fingerprint density at radius 3 is 2.83 bits per heavy atom. The maximum Gasteiger partial charge on any atom is 0.136 e. The molecule has 2 heteroatoms. The van der Waals surface area contributed by atoms with Gasteiger partial charge in [-0.15, -0.1) is 0 Å². The topological polar surface area (TPSA) is 40.9 Å². The molecule has 0 bridgehead atoms. The van der Waals surface area contributed by atoms with Gasteiger partial charge in [-0.1, -0.05) is 13.8 Å². The highest BCUT2D eigenvalue weighted by molar-refractivity contribution is 5.83. The minimum Gasteiger partial charge on any atom is -0.299 e. The number of nitriles is 1. The van der Waals surface area contributed by atoms with Crippen LogP contribution in [0.5, 0.6) is 0 Å². The van der Waals surface area contributed by atoms with Gasteiger partial charge in [0.1, 0.15) is 5.78 Å². The number of carbonyl (C=O) groups is 1. The Morgan fingerprint density at radius 1 is 1.67 bits per heavy atom. The molecule has 1 saturated carbocycles. The summed E-state index contributed by atoms with van der Waals surface area (Å²) >= 11 is 0. The van der Waals surface area contributed by atoms with Crippen LogP contribution in [0.4, 0.5) is 0 Å². The Morgan fingerprint density at radius 2 is 2.33 bits per heavy atom. The Hall–Kier alpha value is -0.840. The second kappa shape index (κ2) is 3.71. The zero-order chi connectivity index (χ0) is 9.14. The zero-order valence-corrected chi connectivity index (χ0v) is 7.71. The monoisotopic (exact) mass is 165 g/mol. The van der Waals surface area contributed by atoms with E-state index in [1.807, 2.05) is 0 Å². The van der Waals surface area contributed by atoms with Gasteiger partial charge in [-0.05, 0) is 18.3 Å². The molecule has 0 heterocycles. The average molecular weight is 165 g/mol. The molecule has 2 unspecified atom stereocenters. The van der Waals surface area contributed by atoms with E-state index in [-0.39, 0.29) is 5.92 Å². The molecule has 1 fully saturated rings. The quantitative estimate of drug-likeness (QED) is 0.629. The van der Waals surface area contributed by atoms with Gasteiger partial charge in [0.15, 0.2) is 0 Å². The molecule has 0 spiro atoms. The maximum atomic E-state index is 11.4. The SMILES string of the molecule is CC(C)C1C(=O)CCC1CC#N. The highest BCUT2D eigenvalue weighted by Crippen LogP contribution is 2.35. The summed E-state index contributed by atoms with van der Waals surface area (Å²) in [5, 5.41) is 8.55. The minimum atomic E-state index is 0.157. The first-order valence-corrected chi connectivity index (χ1v) is 4.56. The fourth-order valence-corrected chi connectivity index (χ4v) is 2.20. The van der Waals surface area contributed by atoms with Crippen molar-refractivity contribution < 1.29 is 4.79 Å². The summed E-state index contributed by atoms with van der Waals surface area (Å²) in [5.41, 5.74) is 0. The second-order valence-electron chi connectivity index (χ2n) is 3.90. The first-order valence-electron chi connectivity index (χ1n) is 4.56. The molecule has 0 N–H and O–H groups in total. The van der Waals surface area contributed by atoms with Crippen molar-refractivity contribution in [3.63, 3.8) is 0 Å². The Bertz CT molecular complexity index is 214. The van der Waals surface area contributed by atoms with Gasteiger partial charge in [0, 0.05) is 18.8 Å². The number of hydrogen-bond acceptors (Lipinski definition) is 2. The summed E-state index contributed by atoms with van der Waals surface area (Å²) in [7, 11) is 0. The van der Waals surface area contributed by atoms with E-state index in [1.165, 1.54) is 0 Å². The second-order valence-corrected chi connectivity index (χ2v) is 3.90. The van der Waals surface area contributed by atoms with Crippen molar-refractivity contribution in [3.8, 4) is 6.07 Å². The van der Waals surface area contributed by atoms with Gasteiger partial charge in [-0.25, -0.2) is 0 Å². The Kier molecular flexibility index (Phi) is 2.86. The van der Waals surface area contributed by atoms with E-state index >= 15 is 0 Å². The van der Waals surface area contributed by atoms with Crippen LogP contribution >= 0.6 is 0 Å². The third kappa shape index (κ3) is 1.66. The molecule has 0 aliphatic heterocycles. The van der Waals surface area contributed by atoms with Crippen molar-refractivity contribution in [2.75, 3.05) is 0 Å². The van der Waals surface area contributed by atoms with Crippen LogP contribution in [0.3, 0.4) is 0 Å². The van der Waals surface area contributed by atoms with E-state index in [0.717, 1.165) is 6.42 Å². The fraction of sp³-hybridized carbons (Fsp3) is 0.800. The van der Waals surface area contributed by atoms with Gasteiger partial charge >= 0.3 is 0 Å². The number of carbonyl (C=O) groups excluding carboxylic acids is 1. The Labute approximate surface area is 73.6 Å². The predicted octanol–water partition coefficient (Wildman–Crippen LogP) is 2.15. The Balaban J connectivity index is 2.65. The molecule has 0 aromatic rings. The molecule has 0 aromatic heterocycles. The standard InChI is InChI=1S/C10H15NO/c1-7(2)10-8(5-6-11)3-4-9(10)12/h7-8,10H,3-5H2,1-2H3. The van der Waals surface area contributed by atoms with Crippen molar-refractivity contribution >= 4 is 5.78 Å².